The highest BCUT2D eigenvalue weighted by Crippen LogP contribution is 2.38. The summed E-state index contributed by atoms with van der Waals surface area (Å²) in [6.45, 7) is 1.18. The van der Waals surface area contributed by atoms with Crippen LogP contribution in [0.3, 0.4) is 0 Å². The van der Waals surface area contributed by atoms with Gasteiger partial charge in [-0.15, -0.1) is 0 Å². The molecule has 0 bridgehead atoms. The first-order valence-electron chi connectivity index (χ1n) is 5.44. The Morgan fingerprint density at radius 1 is 1.35 bits per heavy atom. The van der Waals surface area contributed by atoms with Gasteiger partial charge in [0.2, 0.25) is 0 Å². The molecule has 0 radical (unpaired) electrons. The van der Waals surface area contributed by atoms with Gasteiger partial charge >= 0.3 is 0 Å². The zero-order valence-electron chi connectivity index (χ0n) is 9.63. The second-order valence-electron chi connectivity index (χ2n) is 4.28. The van der Waals surface area contributed by atoms with Crippen LogP contribution in [-0.4, -0.2) is 26.9 Å². The largest absolute Gasteiger partial charge is 0.494 e. The van der Waals surface area contributed by atoms with Crippen molar-refractivity contribution in [2.75, 3.05) is 26.9 Å². The van der Waals surface area contributed by atoms with Crippen LogP contribution in [0.2, 0.25) is 0 Å². The third kappa shape index (κ3) is 2.00. The highest BCUT2D eigenvalue weighted by atomic mass is 19.1. The first-order chi connectivity index (χ1) is 8.13. The maximum Gasteiger partial charge on any atom is 0.165 e. The second kappa shape index (κ2) is 4.58. The number of nitrogens with two attached hydrogens (primary N) is 1. The van der Waals surface area contributed by atoms with E-state index in [0.717, 1.165) is 6.07 Å². The molecule has 0 amide bonds. The van der Waals surface area contributed by atoms with Gasteiger partial charge in [0.05, 0.1) is 20.3 Å². The van der Waals surface area contributed by atoms with Crippen LogP contribution in [0.15, 0.2) is 12.1 Å². The summed E-state index contributed by atoms with van der Waals surface area (Å²) in [5, 5.41) is 0. The van der Waals surface area contributed by atoms with Gasteiger partial charge in [-0.25, -0.2) is 8.78 Å². The van der Waals surface area contributed by atoms with Crippen LogP contribution in [0.4, 0.5) is 8.78 Å². The first kappa shape index (κ1) is 12.3. The van der Waals surface area contributed by atoms with Crippen molar-refractivity contribution in [3.8, 4) is 5.75 Å². The normalized spacial score (nSPS) is 17.6. The number of hydrogen-bond donors (Lipinski definition) is 1. The molecule has 0 atom stereocenters. The van der Waals surface area contributed by atoms with E-state index in [1.807, 2.05) is 0 Å². The van der Waals surface area contributed by atoms with Crippen molar-refractivity contribution < 1.29 is 18.3 Å². The Morgan fingerprint density at radius 2 is 2.06 bits per heavy atom. The predicted molar refractivity (Wildman–Crippen MR) is 59.1 cm³/mol. The van der Waals surface area contributed by atoms with Crippen molar-refractivity contribution in [1.29, 1.82) is 0 Å². The summed E-state index contributed by atoms with van der Waals surface area (Å²) in [7, 11) is 1.31. The molecule has 1 aromatic carbocycles. The van der Waals surface area contributed by atoms with Crippen molar-refractivity contribution in [3.05, 3.63) is 29.3 Å². The summed E-state index contributed by atoms with van der Waals surface area (Å²) >= 11 is 0. The summed E-state index contributed by atoms with van der Waals surface area (Å²) in [6.07, 6.45) is 0.579. The number of ether oxygens (including phenoxy) is 2. The van der Waals surface area contributed by atoms with E-state index >= 15 is 0 Å². The Morgan fingerprint density at radius 3 is 2.53 bits per heavy atom. The molecular formula is C12H15F2NO2. The van der Waals surface area contributed by atoms with Crippen LogP contribution in [-0.2, 0) is 10.2 Å². The van der Waals surface area contributed by atoms with Crippen molar-refractivity contribution in [2.24, 2.45) is 5.73 Å². The van der Waals surface area contributed by atoms with Crippen LogP contribution < -0.4 is 10.5 Å². The van der Waals surface area contributed by atoms with Gasteiger partial charge in [-0.1, -0.05) is 0 Å². The van der Waals surface area contributed by atoms with E-state index in [9.17, 15) is 8.78 Å². The fourth-order valence-electron chi connectivity index (χ4n) is 2.15. The Hall–Kier alpha value is -1.20. The molecule has 1 saturated heterocycles. The van der Waals surface area contributed by atoms with E-state index in [4.69, 9.17) is 15.2 Å². The van der Waals surface area contributed by atoms with Gasteiger partial charge in [0.25, 0.3) is 0 Å². The van der Waals surface area contributed by atoms with E-state index in [1.54, 1.807) is 0 Å². The minimum Gasteiger partial charge on any atom is -0.494 e. The smallest absolute Gasteiger partial charge is 0.165 e. The Balaban J connectivity index is 2.41. The third-order valence-corrected chi connectivity index (χ3v) is 3.19. The maximum absolute atomic E-state index is 13.9. The van der Waals surface area contributed by atoms with Gasteiger partial charge in [-0.05, 0) is 19.0 Å². The van der Waals surface area contributed by atoms with Gasteiger partial charge in [0, 0.05) is 17.0 Å². The van der Waals surface area contributed by atoms with Gasteiger partial charge in [0.15, 0.2) is 11.6 Å². The molecule has 0 saturated carbocycles. The second-order valence-corrected chi connectivity index (χ2v) is 4.28. The first-order valence-corrected chi connectivity index (χ1v) is 5.44. The van der Waals surface area contributed by atoms with Crippen LogP contribution in [0.25, 0.3) is 0 Å². The number of methoxy groups -OCH3 is 1. The van der Waals surface area contributed by atoms with Crippen molar-refractivity contribution in [3.63, 3.8) is 0 Å². The molecule has 1 heterocycles. The van der Waals surface area contributed by atoms with Gasteiger partial charge in [-0.3, -0.25) is 0 Å². The fraction of sp³-hybridized carbons (Fsp3) is 0.500. The Labute approximate surface area is 98.5 Å². The van der Waals surface area contributed by atoms with E-state index in [1.165, 1.54) is 13.2 Å². The lowest BCUT2D eigenvalue weighted by atomic mass is 9.75. The van der Waals surface area contributed by atoms with Crippen molar-refractivity contribution in [1.82, 2.24) is 0 Å². The van der Waals surface area contributed by atoms with E-state index < -0.39 is 17.0 Å². The van der Waals surface area contributed by atoms with Crippen LogP contribution in [0.1, 0.15) is 12.0 Å². The SMILES string of the molecule is COc1cc(F)c(C2(CCN)COC2)cc1F. The summed E-state index contributed by atoms with van der Waals surface area (Å²) in [5.74, 6) is -1.12. The molecule has 1 fully saturated rings. The molecule has 17 heavy (non-hydrogen) atoms. The van der Waals surface area contributed by atoms with Gasteiger partial charge in [0.1, 0.15) is 5.82 Å². The zero-order chi connectivity index (χ0) is 12.5. The minimum atomic E-state index is -0.563. The minimum absolute atomic E-state index is 0.0885. The average molecular weight is 243 g/mol. The molecule has 1 aromatic rings. The number of hydrogen-bond acceptors (Lipinski definition) is 3. The summed E-state index contributed by atoms with van der Waals surface area (Å²) in [4.78, 5) is 0. The topological polar surface area (TPSA) is 44.5 Å². The molecule has 1 aliphatic rings. The molecule has 3 nitrogen and oxygen atoms in total. The molecule has 0 aliphatic carbocycles. The number of benzene rings is 1. The molecular weight excluding hydrogens is 228 g/mol. The maximum atomic E-state index is 13.9. The summed E-state index contributed by atoms with van der Waals surface area (Å²) < 4.78 is 37.4. The average Bonchev–Trinajstić information content (AvgIpc) is 2.26. The Kier molecular flexibility index (Phi) is 3.31. The van der Waals surface area contributed by atoms with Crippen LogP contribution in [0.5, 0.6) is 5.75 Å². The molecule has 2 rings (SSSR count). The van der Waals surface area contributed by atoms with E-state index in [-0.39, 0.29) is 5.75 Å². The summed E-state index contributed by atoms with van der Waals surface area (Å²) in [5.41, 5.74) is 5.36. The molecule has 94 valence electrons. The van der Waals surface area contributed by atoms with Crippen LogP contribution >= 0.6 is 0 Å². The highest BCUT2D eigenvalue weighted by Gasteiger charge is 2.42. The van der Waals surface area contributed by atoms with Crippen molar-refractivity contribution in [2.45, 2.75) is 11.8 Å². The number of halogens is 2. The highest BCUT2D eigenvalue weighted by molar-refractivity contribution is 5.37. The lowest BCUT2D eigenvalue weighted by molar-refractivity contribution is -0.0648. The molecule has 1 aliphatic heterocycles. The Bertz CT molecular complexity index is 419. The van der Waals surface area contributed by atoms with E-state index in [2.05, 4.69) is 0 Å². The van der Waals surface area contributed by atoms with Crippen molar-refractivity contribution >= 4 is 0 Å². The lowest BCUT2D eigenvalue weighted by Crippen LogP contribution is -2.48. The molecule has 0 unspecified atom stereocenters. The fourth-order valence-corrected chi connectivity index (χ4v) is 2.15. The quantitative estimate of drug-likeness (QED) is 0.873. The van der Waals surface area contributed by atoms with Crippen LogP contribution in [0, 0.1) is 11.6 Å². The van der Waals surface area contributed by atoms with Gasteiger partial charge < -0.3 is 15.2 Å². The van der Waals surface area contributed by atoms with Gasteiger partial charge in [-0.2, -0.15) is 0 Å². The lowest BCUT2D eigenvalue weighted by Gasteiger charge is -2.42. The third-order valence-electron chi connectivity index (χ3n) is 3.19. The van der Waals surface area contributed by atoms with E-state index in [0.29, 0.717) is 31.7 Å². The molecule has 0 spiro atoms. The number of rotatable bonds is 4. The molecule has 0 aromatic heterocycles. The monoisotopic (exact) mass is 243 g/mol. The molecule has 5 heteroatoms. The predicted octanol–water partition coefficient (Wildman–Crippen LogP) is 1.59. The summed E-state index contributed by atoms with van der Waals surface area (Å²) in [6, 6.07) is 2.26. The molecule has 2 N–H and O–H groups in total. The standard InChI is InChI=1S/C12H15F2NO2/c1-16-11-5-9(13)8(4-10(11)14)12(2-3-15)6-17-7-12/h4-5H,2-3,6-7,15H2,1H3. The zero-order valence-corrected chi connectivity index (χ0v) is 9.63.